The summed E-state index contributed by atoms with van der Waals surface area (Å²) in [6, 6.07) is 11.1. The SMILES string of the molecule is C=CCN1C(=O)C(=Cc2ccc(OCc3c(F)cccc3Cl)cc2)C(=O)NC1=S. The molecule has 2 aromatic carbocycles. The minimum atomic E-state index is -0.560. The van der Waals surface area contributed by atoms with E-state index >= 15 is 0 Å². The Labute approximate surface area is 177 Å². The third kappa shape index (κ3) is 4.70. The Morgan fingerprint density at radius 2 is 1.93 bits per heavy atom. The van der Waals surface area contributed by atoms with E-state index in [0.717, 1.165) is 0 Å². The lowest BCUT2D eigenvalue weighted by molar-refractivity contribution is -0.128. The average molecular weight is 431 g/mol. The smallest absolute Gasteiger partial charge is 0.265 e. The van der Waals surface area contributed by atoms with Crippen LogP contribution in [0.15, 0.2) is 60.7 Å². The van der Waals surface area contributed by atoms with E-state index in [-0.39, 0.29) is 34.4 Å². The van der Waals surface area contributed by atoms with Crippen LogP contribution in [0.1, 0.15) is 11.1 Å². The van der Waals surface area contributed by atoms with Crippen molar-refractivity contribution in [3.63, 3.8) is 0 Å². The molecule has 2 amide bonds. The van der Waals surface area contributed by atoms with Gasteiger partial charge in [-0.05, 0) is 48.1 Å². The van der Waals surface area contributed by atoms with E-state index in [2.05, 4.69) is 11.9 Å². The molecule has 0 atom stereocenters. The lowest BCUT2D eigenvalue weighted by atomic mass is 10.1. The quantitative estimate of drug-likeness (QED) is 0.327. The van der Waals surface area contributed by atoms with Gasteiger partial charge < -0.3 is 4.74 Å². The molecule has 148 valence electrons. The van der Waals surface area contributed by atoms with Crippen LogP contribution in [0.5, 0.6) is 5.75 Å². The molecule has 1 saturated heterocycles. The number of nitrogens with zero attached hydrogens (tertiary/aromatic N) is 1. The highest BCUT2D eigenvalue weighted by atomic mass is 35.5. The minimum absolute atomic E-state index is 0.0270. The van der Waals surface area contributed by atoms with Gasteiger partial charge in [-0.15, -0.1) is 6.58 Å². The molecule has 5 nitrogen and oxygen atoms in total. The van der Waals surface area contributed by atoms with Crippen molar-refractivity contribution in [2.45, 2.75) is 6.61 Å². The number of carbonyl (C=O) groups excluding carboxylic acids is 2. The summed E-state index contributed by atoms with van der Waals surface area (Å²) in [6.07, 6.45) is 2.99. The molecule has 29 heavy (non-hydrogen) atoms. The summed E-state index contributed by atoms with van der Waals surface area (Å²) in [5, 5.41) is 2.82. The van der Waals surface area contributed by atoms with Gasteiger partial charge in [0.15, 0.2) is 5.11 Å². The molecule has 1 fully saturated rings. The second kappa shape index (κ2) is 8.98. The molecule has 8 heteroatoms. The predicted octanol–water partition coefficient (Wildman–Crippen LogP) is 3.87. The number of nitrogens with one attached hydrogen (secondary N) is 1. The van der Waals surface area contributed by atoms with Crippen molar-refractivity contribution in [3.05, 3.63) is 82.7 Å². The Kier molecular flexibility index (Phi) is 6.41. The van der Waals surface area contributed by atoms with Gasteiger partial charge in [-0.1, -0.05) is 35.9 Å². The summed E-state index contributed by atoms with van der Waals surface area (Å²) in [5.74, 6) is -1.01. The lowest BCUT2D eigenvalue weighted by Gasteiger charge is -2.27. The lowest BCUT2D eigenvalue weighted by Crippen LogP contribution is -2.53. The van der Waals surface area contributed by atoms with E-state index in [1.165, 1.54) is 29.2 Å². The Morgan fingerprint density at radius 3 is 2.59 bits per heavy atom. The van der Waals surface area contributed by atoms with Gasteiger partial charge >= 0.3 is 0 Å². The number of rotatable bonds is 6. The van der Waals surface area contributed by atoms with E-state index < -0.39 is 17.6 Å². The Morgan fingerprint density at radius 1 is 1.21 bits per heavy atom. The zero-order valence-corrected chi connectivity index (χ0v) is 16.7. The minimum Gasteiger partial charge on any atom is -0.489 e. The largest absolute Gasteiger partial charge is 0.489 e. The van der Waals surface area contributed by atoms with Crippen molar-refractivity contribution in [1.29, 1.82) is 0 Å². The van der Waals surface area contributed by atoms with Gasteiger partial charge in [0.25, 0.3) is 11.8 Å². The summed E-state index contributed by atoms with van der Waals surface area (Å²) in [7, 11) is 0. The summed E-state index contributed by atoms with van der Waals surface area (Å²) >= 11 is 11.0. The van der Waals surface area contributed by atoms with Gasteiger partial charge in [-0.25, -0.2) is 4.39 Å². The van der Waals surface area contributed by atoms with Crippen LogP contribution in [-0.2, 0) is 16.2 Å². The van der Waals surface area contributed by atoms with Gasteiger partial charge in [0.1, 0.15) is 23.7 Å². The summed E-state index contributed by atoms with van der Waals surface area (Å²) in [6.45, 7) is 3.75. The number of hydrogen-bond acceptors (Lipinski definition) is 4. The van der Waals surface area contributed by atoms with Crippen molar-refractivity contribution in [2.24, 2.45) is 0 Å². The predicted molar refractivity (Wildman–Crippen MR) is 113 cm³/mol. The fourth-order valence-electron chi connectivity index (χ4n) is 2.64. The van der Waals surface area contributed by atoms with Crippen LogP contribution in [0.3, 0.4) is 0 Å². The third-order valence-corrected chi connectivity index (χ3v) is 4.81. The molecular formula is C21H16ClFN2O3S. The molecule has 0 aromatic heterocycles. The monoisotopic (exact) mass is 430 g/mol. The number of amides is 2. The maximum atomic E-state index is 13.8. The van der Waals surface area contributed by atoms with Gasteiger partial charge in [0.2, 0.25) is 0 Å². The van der Waals surface area contributed by atoms with Gasteiger partial charge in [-0.3, -0.25) is 19.8 Å². The number of halogens is 2. The van der Waals surface area contributed by atoms with Crippen LogP contribution in [0.2, 0.25) is 5.02 Å². The van der Waals surface area contributed by atoms with Crippen LogP contribution >= 0.6 is 23.8 Å². The second-order valence-electron chi connectivity index (χ2n) is 6.08. The number of ether oxygens (including phenoxy) is 1. The highest BCUT2D eigenvalue weighted by Crippen LogP contribution is 2.22. The van der Waals surface area contributed by atoms with Crippen molar-refractivity contribution in [3.8, 4) is 5.75 Å². The van der Waals surface area contributed by atoms with Gasteiger partial charge in [0, 0.05) is 12.1 Å². The molecule has 0 unspecified atom stereocenters. The first kappa shape index (κ1) is 20.7. The van der Waals surface area contributed by atoms with Gasteiger partial charge in [0.05, 0.1) is 5.02 Å². The van der Waals surface area contributed by atoms with E-state index in [0.29, 0.717) is 11.3 Å². The maximum absolute atomic E-state index is 13.8. The van der Waals surface area contributed by atoms with E-state index in [1.54, 1.807) is 30.3 Å². The van der Waals surface area contributed by atoms with Crippen LogP contribution in [0.4, 0.5) is 4.39 Å². The van der Waals surface area contributed by atoms with E-state index in [9.17, 15) is 14.0 Å². The molecule has 0 radical (unpaired) electrons. The number of thiocarbonyl (C=S) groups is 1. The average Bonchev–Trinajstić information content (AvgIpc) is 2.69. The summed E-state index contributed by atoms with van der Waals surface area (Å²) in [5.41, 5.74) is 0.849. The molecule has 1 aliphatic rings. The first-order chi connectivity index (χ1) is 13.9. The van der Waals surface area contributed by atoms with E-state index in [1.807, 2.05) is 0 Å². The van der Waals surface area contributed by atoms with E-state index in [4.69, 9.17) is 28.6 Å². The maximum Gasteiger partial charge on any atom is 0.265 e. The fraction of sp³-hybridized carbons (Fsp3) is 0.0952. The zero-order valence-electron chi connectivity index (χ0n) is 15.2. The second-order valence-corrected chi connectivity index (χ2v) is 6.87. The Balaban J connectivity index is 1.74. The molecule has 0 aliphatic carbocycles. The zero-order chi connectivity index (χ0) is 21.0. The standard InChI is InChI=1S/C21H16ClFN2O3S/c1-2-10-25-20(27)15(19(26)24-21(25)29)11-13-6-8-14(9-7-13)28-12-16-17(22)4-3-5-18(16)23/h2-9,11H,1,10,12H2,(H,24,26,29). The van der Waals surface area contributed by atoms with Crippen LogP contribution in [0.25, 0.3) is 6.08 Å². The normalized spacial score (nSPS) is 15.4. The molecule has 0 bridgehead atoms. The van der Waals surface area contributed by atoms with Crippen molar-refractivity contribution in [2.75, 3.05) is 6.54 Å². The topological polar surface area (TPSA) is 58.6 Å². The Bertz CT molecular complexity index is 1000. The van der Waals surface area contributed by atoms with Gasteiger partial charge in [-0.2, -0.15) is 0 Å². The summed E-state index contributed by atoms with van der Waals surface area (Å²) < 4.78 is 19.4. The van der Waals surface area contributed by atoms with Crippen molar-refractivity contribution >= 4 is 46.8 Å². The molecule has 1 heterocycles. The number of hydrogen-bond donors (Lipinski definition) is 1. The van der Waals surface area contributed by atoms with Crippen LogP contribution < -0.4 is 10.1 Å². The van der Waals surface area contributed by atoms with Crippen LogP contribution in [0, 0.1) is 5.82 Å². The van der Waals surface area contributed by atoms with Crippen LogP contribution in [-0.4, -0.2) is 28.4 Å². The van der Waals surface area contributed by atoms with Crippen molar-refractivity contribution in [1.82, 2.24) is 10.2 Å². The molecular weight excluding hydrogens is 415 g/mol. The molecule has 2 aromatic rings. The highest BCUT2D eigenvalue weighted by molar-refractivity contribution is 7.80. The number of benzene rings is 2. The molecule has 1 N–H and O–H groups in total. The summed E-state index contributed by atoms with van der Waals surface area (Å²) in [4.78, 5) is 25.9. The molecule has 0 saturated carbocycles. The van der Waals surface area contributed by atoms with Crippen molar-refractivity contribution < 1.29 is 18.7 Å². The fourth-order valence-corrected chi connectivity index (χ4v) is 3.11. The molecule has 1 aliphatic heterocycles. The molecule has 0 spiro atoms. The first-order valence-electron chi connectivity index (χ1n) is 8.56. The molecule has 3 rings (SSSR count). The third-order valence-electron chi connectivity index (χ3n) is 4.13. The first-order valence-corrected chi connectivity index (χ1v) is 9.35. The Hall–Kier alpha value is -3.03. The number of carbonyl (C=O) groups is 2. The highest BCUT2D eigenvalue weighted by Gasteiger charge is 2.32.